The fourth-order valence-corrected chi connectivity index (χ4v) is 3.07. The average molecular weight is 249 g/mol. The smallest absolute Gasteiger partial charge is 0.137 e. The van der Waals surface area contributed by atoms with E-state index in [0.717, 1.165) is 29.5 Å². The molecule has 0 bridgehead atoms. The number of rotatable bonds is 4. The molecule has 0 aromatic carbocycles. The molecule has 1 saturated carbocycles. The quantitative estimate of drug-likeness (QED) is 0.629. The summed E-state index contributed by atoms with van der Waals surface area (Å²) in [4.78, 5) is 2.20. The van der Waals surface area contributed by atoms with Crippen molar-refractivity contribution in [2.75, 3.05) is 18.5 Å². The molecule has 1 aliphatic carbocycles. The first-order chi connectivity index (χ1) is 8.50. The first-order valence-corrected chi connectivity index (χ1v) is 6.59. The minimum Gasteiger partial charge on any atom is -0.384 e. The molecule has 0 radical (unpaired) electrons. The first-order valence-electron chi connectivity index (χ1n) is 6.59. The Morgan fingerprint density at radius 1 is 1.50 bits per heavy atom. The number of aryl methyl sites for hydroxylation is 2. The second-order valence-electron chi connectivity index (χ2n) is 5.35. The summed E-state index contributed by atoms with van der Waals surface area (Å²) in [6.07, 6.45) is 5.33. The number of nitrogens with two attached hydrogens (primary N) is 1. The molecule has 5 nitrogen and oxygen atoms in total. The Balaban J connectivity index is 2.23. The molecule has 0 spiro atoms. The van der Waals surface area contributed by atoms with Gasteiger partial charge in [0.1, 0.15) is 11.7 Å². The zero-order valence-corrected chi connectivity index (χ0v) is 11.5. The molecule has 1 aromatic rings. The fraction of sp³-hybridized carbons (Fsp3) is 0.692. The van der Waals surface area contributed by atoms with Gasteiger partial charge in [-0.3, -0.25) is 10.1 Å². The summed E-state index contributed by atoms with van der Waals surface area (Å²) in [5.74, 6) is 1.84. The standard InChI is InChI=1S/C13H23N5/c1-9-11(12(14)15)13(18(3)16-9)17(2)8-10-6-4-5-7-10/h10H,4-8H2,1-3H3,(H3,14,15). The molecule has 18 heavy (non-hydrogen) atoms. The van der Waals surface area contributed by atoms with Crippen molar-refractivity contribution in [3.05, 3.63) is 11.3 Å². The third-order valence-electron chi connectivity index (χ3n) is 3.83. The molecule has 0 atom stereocenters. The van der Waals surface area contributed by atoms with Crippen molar-refractivity contribution in [3.8, 4) is 0 Å². The zero-order valence-electron chi connectivity index (χ0n) is 11.5. The molecule has 0 aliphatic heterocycles. The van der Waals surface area contributed by atoms with E-state index in [-0.39, 0.29) is 5.84 Å². The number of nitrogen functional groups attached to an aromatic ring is 1. The lowest BCUT2D eigenvalue weighted by atomic mass is 10.1. The van der Waals surface area contributed by atoms with Gasteiger partial charge in [-0.05, 0) is 25.7 Å². The number of hydrogen-bond acceptors (Lipinski definition) is 3. The molecule has 100 valence electrons. The molecule has 1 aliphatic rings. The molecule has 3 N–H and O–H groups in total. The molecule has 5 heteroatoms. The lowest BCUT2D eigenvalue weighted by Gasteiger charge is -2.24. The van der Waals surface area contributed by atoms with Gasteiger partial charge < -0.3 is 10.6 Å². The molecule has 0 unspecified atom stereocenters. The van der Waals surface area contributed by atoms with Crippen LogP contribution in [0.1, 0.15) is 36.9 Å². The van der Waals surface area contributed by atoms with Crippen molar-refractivity contribution in [1.29, 1.82) is 5.41 Å². The van der Waals surface area contributed by atoms with Crippen LogP contribution in [0.2, 0.25) is 0 Å². The Morgan fingerprint density at radius 2 is 2.11 bits per heavy atom. The first kappa shape index (κ1) is 12.9. The fourth-order valence-electron chi connectivity index (χ4n) is 3.07. The van der Waals surface area contributed by atoms with Crippen LogP contribution in [-0.2, 0) is 7.05 Å². The lowest BCUT2D eigenvalue weighted by molar-refractivity contribution is 0.539. The largest absolute Gasteiger partial charge is 0.384 e. The van der Waals surface area contributed by atoms with Crippen LogP contribution in [0.25, 0.3) is 0 Å². The molecule has 0 saturated heterocycles. The van der Waals surface area contributed by atoms with Crippen LogP contribution in [0.3, 0.4) is 0 Å². The van der Waals surface area contributed by atoms with E-state index in [2.05, 4.69) is 17.0 Å². The molecule has 1 heterocycles. The van der Waals surface area contributed by atoms with E-state index < -0.39 is 0 Å². The highest BCUT2D eigenvalue weighted by Gasteiger charge is 2.22. The summed E-state index contributed by atoms with van der Waals surface area (Å²) in [7, 11) is 3.99. The van der Waals surface area contributed by atoms with Gasteiger partial charge in [-0.15, -0.1) is 0 Å². The van der Waals surface area contributed by atoms with Crippen LogP contribution in [0.5, 0.6) is 0 Å². The summed E-state index contributed by atoms with van der Waals surface area (Å²) in [6, 6.07) is 0. The third kappa shape index (κ3) is 2.35. The van der Waals surface area contributed by atoms with Gasteiger partial charge in [0, 0.05) is 20.6 Å². The van der Waals surface area contributed by atoms with Gasteiger partial charge in [-0.25, -0.2) is 0 Å². The average Bonchev–Trinajstić information content (AvgIpc) is 2.85. The summed E-state index contributed by atoms with van der Waals surface area (Å²) >= 11 is 0. The van der Waals surface area contributed by atoms with E-state index in [1.54, 1.807) is 0 Å². The molecular weight excluding hydrogens is 226 g/mol. The summed E-state index contributed by atoms with van der Waals surface area (Å²) < 4.78 is 1.83. The molecule has 1 aromatic heterocycles. The lowest BCUT2D eigenvalue weighted by Crippen LogP contribution is -2.28. The maximum atomic E-state index is 7.71. The van der Waals surface area contributed by atoms with Gasteiger partial charge in [0.25, 0.3) is 0 Å². The maximum Gasteiger partial charge on any atom is 0.137 e. The number of aromatic nitrogens is 2. The highest BCUT2D eigenvalue weighted by atomic mass is 15.4. The number of anilines is 1. The Hall–Kier alpha value is -1.52. The number of hydrogen-bond donors (Lipinski definition) is 2. The van der Waals surface area contributed by atoms with E-state index in [1.807, 2.05) is 18.7 Å². The van der Waals surface area contributed by atoms with Crippen molar-refractivity contribution in [2.45, 2.75) is 32.6 Å². The number of nitrogens with zero attached hydrogens (tertiary/aromatic N) is 3. The van der Waals surface area contributed by atoms with Crippen LogP contribution in [0.15, 0.2) is 0 Å². The predicted octanol–water partition coefficient (Wildman–Crippen LogP) is 1.64. The van der Waals surface area contributed by atoms with Gasteiger partial charge in [-0.2, -0.15) is 5.10 Å². The van der Waals surface area contributed by atoms with Gasteiger partial charge in [0.15, 0.2) is 0 Å². The van der Waals surface area contributed by atoms with Crippen molar-refractivity contribution in [3.63, 3.8) is 0 Å². The highest BCUT2D eigenvalue weighted by molar-refractivity contribution is 6.00. The van der Waals surface area contributed by atoms with Gasteiger partial charge in [0.05, 0.1) is 11.3 Å². The Kier molecular flexibility index (Phi) is 3.59. The minimum atomic E-state index is 0.105. The monoisotopic (exact) mass is 249 g/mol. The Bertz CT molecular complexity index is 442. The summed E-state index contributed by atoms with van der Waals surface area (Å²) in [6.45, 7) is 2.93. The normalized spacial score (nSPS) is 16.2. The van der Waals surface area contributed by atoms with Crippen LogP contribution in [0, 0.1) is 18.3 Å². The van der Waals surface area contributed by atoms with Crippen molar-refractivity contribution >= 4 is 11.7 Å². The third-order valence-corrected chi connectivity index (χ3v) is 3.83. The van der Waals surface area contributed by atoms with E-state index in [9.17, 15) is 0 Å². The molecule has 0 amide bonds. The SMILES string of the molecule is Cc1nn(C)c(N(C)CC2CCCC2)c1C(=N)N. The van der Waals surface area contributed by atoms with E-state index in [4.69, 9.17) is 11.1 Å². The Morgan fingerprint density at radius 3 is 2.67 bits per heavy atom. The van der Waals surface area contributed by atoms with E-state index in [0.29, 0.717) is 0 Å². The van der Waals surface area contributed by atoms with Crippen LogP contribution in [0.4, 0.5) is 5.82 Å². The van der Waals surface area contributed by atoms with Crippen molar-refractivity contribution in [1.82, 2.24) is 9.78 Å². The van der Waals surface area contributed by atoms with Crippen molar-refractivity contribution < 1.29 is 0 Å². The molecule has 2 rings (SSSR count). The second-order valence-corrected chi connectivity index (χ2v) is 5.35. The highest BCUT2D eigenvalue weighted by Crippen LogP contribution is 2.28. The zero-order chi connectivity index (χ0) is 13.3. The van der Waals surface area contributed by atoms with E-state index >= 15 is 0 Å². The molecule has 1 fully saturated rings. The van der Waals surface area contributed by atoms with Crippen LogP contribution in [-0.4, -0.2) is 29.2 Å². The number of amidine groups is 1. The summed E-state index contributed by atoms with van der Waals surface area (Å²) in [5, 5.41) is 12.1. The van der Waals surface area contributed by atoms with Crippen molar-refractivity contribution in [2.24, 2.45) is 18.7 Å². The topological polar surface area (TPSA) is 70.9 Å². The van der Waals surface area contributed by atoms with Gasteiger partial charge in [-0.1, -0.05) is 12.8 Å². The summed E-state index contributed by atoms with van der Waals surface area (Å²) in [5.41, 5.74) is 7.29. The molecular formula is C13H23N5. The van der Waals surface area contributed by atoms with Gasteiger partial charge >= 0.3 is 0 Å². The van der Waals surface area contributed by atoms with Crippen LogP contribution < -0.4 is 10.6 Å². The van der Waals surface area contributed by atoms with Gasteiger partial charge in [0.2, 0.25) is 0 Å². The minimum absolute atomic E-state index is 0.105. The predicted molar refractivity (Wildman–Crippen MR) is 74.2 cm³/mol. The second kappa shape index (κ2) is 5.00. The Labute approximate surface area is 108 Å². The van der Waals surface area contributed by atoms with Crippen LogP contribution >= 0.6 is 0 Å². The maximum absolute atomic E-state index is 7.71. The van der Waals surface area contributed by atoms with E-state index in [1.165, 1.54) is 25.7 Å². The number of nitrogens with one attached hydrogen (secondary N) is 1.